The van der Waals surface area contributed by atoms with E-state index in [1.807, 2.05) is 24.3 Å². The van der Waals surface area contributed by atoms with Gasteiger partial charge in [0.2, 0.25) is 6.86 Å². The second-order valence-corrected chi connectivity index (χ2v) is 7.04. The number of ether oxygens (including phenoxy) is 2. The van der Waals surface area contributed by atoms with Gasteiger partial charge in [-0.3, -0.25) is 0 Å². The van der Waals surface area contributed by atoms with E-state index in [2.05, 4.69) is 6.92 Å². The summed E-state index contributed by atoms with van der Waals surface area (Å²) in [5, 5.41) is 0. The van der Waals surface area contributed by atoms with Gasteiger partial charge in [-0.1, -0.05) is 64.0 Å². The molecule has 28 heavy (non-hydrogen) atoms. The molecule has 0 aliphatic carbocycles. The molecule has 0 saturated heterocycles. The zero-order chi connectivity index (χ0) is 20.0. The average Bonchev–Trinajstić information content (AvgIpc) is 2.72. The first-order chi connectivity index (χ1) is 13.7. The molecule has 0 bridgehead atoms. The molecule has 0 radical (unpaired) electrons. The molecular formula is C24H31FO3. The monoisotopic (exact) mass is 386 g/mol. The molecule has 0 spiro atoms. The second kappa shape index (κ2) is 12.9. The first-order valence-electron chi connectivity index (χ1n) is 10.3. The van der Waals surface area contributed by atoms with E-state index < -0.39 is 12.8 Å². The number of halogens is 1. The van der Waals surface area contributed by atoms with E-state index in [-0.39, 0.29) is 0 Å². The first-order valence-corrected chi connectivity index (χ1v) is 10.3. The maximum absolute atomic E-state index is 12.2. The van der Waals surface area contributed by atoms with Crippen molar-refractivity contribution in [2.75, 3.05) is 6.86 Å². The molecular weight excluding hydrogens is 355 g/mol. The largest absolute Gasteiger partial charge is 0.463 e. The van der Waals surface area contributed by atoms with Crippen molar-refractivity contribution < 1.29 is 18.7 Å². The van der Waals surface area contributed by atoms with Crippen LogP contribution in [0.3, 0.4) is 0 Å². The van der Waals surface area contributed by atoms with Crippen LogP contribution in [-0.2, 0) is 6.42 Å². The predicted molar refractivity (Wildman–Crippen MR) is 111 cm³/mol. The molecule has 2 aromatic carbocycles. The number of aryl methyl sites for hydroxylation is 1. The van der Waals surface area contributed by atoms with Gasteiger partial charge < -0.3 is 9.47 Å². The zero-order valence-corrected chi connectivity index (χ0v) is 16.8. The van der Waals surface area contributed by atoms with Gasteiger partial charge in [-0.05, 0) is 54.8 Å². The third-order valence-corrected chi connectivity index (χ3v) is 4.76. The smallest absolute Gasteiger partial charge is 0.343 e. The molecule has 0 aliphatic heterocycles. The van der Waals surface area contributed by atoms with Gasteiger partial charge in [0.05, 0.1) is 5.56 Å². The molecule has 0 aromatic heterocycles. The summed E-state index contributed by atoms with van der Waals surface area (Å²) in [6.45, 7) is 1.35. The molecule has 0 N–H and O–H groups in total. The second-order valence-electron chi connectivity index (χ2n) is 7.04. The van der Waals surface area contributed by atoms with Crippen molar-refractivity contribution in [2.24, 2.45) is 0 Å². The summed E-state index contributed by atoms with van der Waals surface area (Å²) in [6.07, 6.45) is 11.6. The summed E-state index contributed by atoms with van der Waals surface area (Å²) >= 11 is 0. The molecule has 4 heteroatoms. The van der Waals surface area contributed by atoms with Crippen molar-refractivity contribution in [2.45, 2.75) is 64.7 Å². The van der Waals surface area contributed by atoms with Crippen molar-refractivity contribution in [3.05, 3.63) is 59.7 Å². The number of hydrogen-bond donors (Lipinski definition) is 0. The Morgan fingerprint density at radius 1 is 0.786 bits per heavy atom. The lowest BCUT2D eigenvalue weighted by Crippen LogP contribution is -2.08. The number of unbranched alkanes of at least 4 members (excludes halogenated alkanes) is 7. The molecule has 0 heterocycles. The topological polar surface area (TPSA) is 35.5 Å². The molecule has 0 fully saturated rings. The van der Waals surface area contributed by atoms with E-state index in [4.69, 9.17) is 9.47 Å². The summed E-state index contributed by atoms with van der Waals surface area (Å²) in [5.74, 6) is 0.459. The summed E-state index contributed by atoms with van der Waals surface area (Å²) in [7, 11) is 0. The van der Waals surface area contributed by atoms with E-state index in [1.54, 1.807) is 24.3 Å². The number of rotatable bonds is 13. The Morgan fingerprint density at radius 2 is 1.36 bits per heavy atom. The van der Waals surface area contributed by atoms with Crippen molar-refractivity contribution in [1.82, 2.24) is 0 Å². The Bertz CT molecular complexity index is 680. The Balaban J connectivity index is 1.69. The third-order valence-electron chi connectivity index (χ3n) is 4.76. The molecule has 2 rings (SSSR count). The number of carbonyl (C=O) groups excluding carboxylic acids is 1. The van der Waals surface area contributed by atoms with Gasteiger partial charge in [-0.15, -0.1) is 0 Å². The summed E-state index contributed by atoms with van der Waals surface area (Å²) in [5.41, 5.74) is 1.66. The fourth-order valence-electron chi connectivity index (χ4n) is 3.10. The SMILES string of the molecule is CCCCCCCCCCc1ccc(OC(=O)c2ccc(OCF)cc2)cc1. The summed E-state index contributed by atoms with van der Waals surface area (Å²) < 4.78 is 22.2. The maximum Gasteiger partial charge on any atom is 0.343 e. The Morgan fingerprint density at radius 3 is 1.96 bits per heavy atom. The molecule has 0 atom stereocenters. The van der Waals surface area contributed by atoms with Crippen LogP contribution in [0.5, 0.6) is 11.5 Å². The van der Waals surface area contributed by atoms with Crippen LogP contribution >= 0.6 is 0 Å². The molecule has 0 saturated carbocycles. The van der Waals surface area contributed by atoms with E-state index in [0.29, 0.717) is 17.1 Å². The minimum absolute atomic E-state index is 0.379. The molecule has 0 amide bonds. The molecule has 0 unspecified atom stereocenters. The lowest BCUT2D eigenvalue weighted by atomic mass is 10.0. The lowest BCUT2D eigenvalue weighted by molar-refractivity contribution is 0.0734. The van der Waals surface area contributed by atoms with Crippen LogP contribution in [0.4, 0.5) is 4.39 Å². The van der Waals surface area contributed by atoms with Crippen LogP contribution in [0.25, 0.3) is 0 Å². The first kappa shape index (κ1) is 21.9. The normalized spacial score (nSPS) is 10.6. The van der Waals surface area contributed by atoms with E-state index in [0.717, 1.165) is 6.42 Å². The van der Waals surface area contributed by atoms with Crippen molar-refractivity contribution in [3.8, 4) is 11.5 Å². The van der Waals surface area contributed by atoms with Crippen LogP contribution in [0.2, 0.25) is 0 Å². The zero-order valence-electron chi connectivity index (χ0n) is 16.8. The molecule has 2 aromatic rings. The van der Waals surface area contributed by atoms with E-state index in [1.165, 1.54) is 56.9 Å². The number of benzene rings is 2. The van der Waals surface area contributed by atoms with Gasteiger partial charge in [0.25, 0.3) is 0 Å². The van der Waals surface area contributed by atoms with Gasteiger partial charge in [-0.2, -0.15) is 0 Å². The fraction of sp³-hybridized carbons (Fsp3) is 0.458. The lowest BCUT2D eigenvalue weighted by Gasteiger charge is -2.07. The highest BCUT2D eigenvalue weighted by Crippen LogP contribution is 2.18. The van der Waals surface area contributed by atoms with Gasteiger partial charge in [0, 0.05) is 0 Å². The third kappa shape index (κ3) is 8.12. The van der Waals surface area contributed by atoms with Gasteiger partial charge in [0.15, 0.2) is 0 Å². The molecule has 3 nitrogen and oxygen atoms in total. The number of alkyl halides is 1. The molecule has 152 valence electrons. The standard InChI is InChI=1S/C24H31FO3/c1-2-3-4-5-6-7-8-9-10-20-11-15-23(16-12-20)28-24(26)21-13-17-22(18-14-21)27-19-25/h11-18H,2-10,19H2,1H3. The Labute approximate surface area is 167 Å². The predicted octanol–water partition coefficient (Wildman–Crippen LogP) is 6.89. The Kier molecular flexibility index (Phi) is 10.1. The van der Waals surface area contributed by atoms with Gasteiger partial charge >= 0.3 is 5.97 Å². The quantitative estimate of drug-likeness (QED) is 0.213. The highest BCUT2D eigenvalue weighted by atomic mass is 19.1. The fourth-order valence-corrected chi connectivity index (χ4v) is 3.10. The van der Waals surface area contributed by atoms with E-state index in [9.17, 15) is 9.18 Å². The highest BCUT2D eigenvalue weighted by molar-refractivity contribution is 5.91. The van der Waals surface area contributed by atoms with Crippen LogP contribution in [-0.4, -0.2) is 12.8 Å². The minimum Gasteiger partial charge on any atom is -0.463 e. The summed E-state index contributed by atoms with van der Waals surface area (Å²) in [6, 6.07) is 13.9. The number of carbonyl (C=O) groups is 1. The van der Waals surface area contributed by atoms with Crippen molar-refractivity contribution in [1.29, 1.82) is 0 Å². The van der Waals surface area contributed by atoms with Gasteiger partial charge in [0.1, 0.15) is 11.5 Å². The van der Waals surface area contributed by atoms with Crippen molar-refractivity contribution in [3.63, 3.8) is 0 Å². The number of esters is 1. The van der Waals surface area contributed by atoms with Gasteiger partial charge in [-0.25, -0.2) is 9.18 Å². The maximum atomic E-state index is 12.2. The average molecular weight is 387 g/mol. The van der Waals surface area contributed by atoms with Crippen molar-refractivity contribution >= 4 is 5.97 Å². The number of hydrogen-bond acceptors (Lipinski definition) is 3. The van der Waals surface area contributed by atoms with Crippen LogP contribution in [0, 0.1) is 0 Å². The minimum atomic E-state index is -0.894. The van der Waals surface area contributed by atoms with Crippen LogP contribution < -0.4 is 9.47 Å². The summed E-state index contributed by atoms with van der Waals surface area (Å²) in [4.78, 5) is 12.2. The van der Waals surface area contributed by atoms with Crippen LogP contribution in [0.1, 0.15) is 74.2 Å². The Hall–Kier alpha value is -2.36. The van der Waals surface area contributed by atoms with E-state index >= 15 is 0 Å². The van der Waals surface area contributed by atoms with Crippen LogP contribution in [0.15, 0.2) is 48.5 Å². The molecule has 0 aliphatic rings. The highest BCUT2D eigenvalue weighted by Gasteiger charge is 2.09.